The van der Waals surface area contributed by atoms with Crippen LogP contribution < -0.4 is 5.32 Å². The highest BCUT2D eigenvalue weighted by atomic mass is 16.5. The Balaban J connectivity index is 1.31. The first-order chi connectivity index (χ1) is 14.3. The molecule has 2 saturated carbocycles. The van der Waals surface area contributed by atoms with Gasteiger partial charge >= 0.3 is 5.97 Å². The fraction of sp³-hybridized carbons (Fsp3) is 0.500. The van der Waals surface area contributed by atoms with E-state index in [-0.39, 0.29) is 41.3 Å². The number of amides is 3. The van der Waals surface area contributed by atoms with Crippen molar-refractivity contribution in [1.82, 2.24) is 4.90 Å². The highest BCUT2D eigenvalue weighted by Gasteiger charge is 2.62. The number of likely N-dealkylation sites (tertiary alicyclic amines) is 1. The summed E-state index contributed by atoms with van der Waals surface area (Å²) < 4.78 is 5.05. The van der Waals surface area contributed by atoms with Crippen molar-refractivity contribution in [3.05, 3.63) is 29.8 Å². The number of nitrogens with one attached hydrogen (secondary N) is 1. The number of carbonyl (C=O) groups is 5. The minimum Gasteiger partial charge on any atom is -0.454 e. The number of ether oxygens (including phenoxy) is 1. The van der Waals surface area contributed by atoms with Crippen molar-refractivity contribution in [2.75, 3.05) is 11.9 Å². The fourth-order valence-corrected chi connectivity index (χ4v) is 5.16. The van der Waals surface area contributed by atoms with Gasteiger partial charge < -0.3 is 10.1 Å². The lowest BCUT2D eigenvalue weighted by Gasteiger charge is -2.23. The van der Waals surface area contributed by atoms with Gasteiger partial charge in [0.1, 0.15) is 6.04 Å². The Morgan fingerprint density at radius 3 is 2.17 bits per heavy atom. The third-order valence-corrected chi connectivity index (χ3v) is 6.61. The molecule has 1 aromatic carbocycles. The van der Waals surface area contributed by atoms with Crippen LogP contribution in [0.3, 0.4) is 0 Å². The third-order valence-electron chi connectivity index (χ3n) is 6.61. The molecule has 3 fully saturated rings. The highest BCUT2D eigenvalue weighted by Crippen LogP contribution is 2.56. The molecular weight excluding hydrogens is 388 g/mol. The molecule has 4 rings (SSSR count). The van der Waals surface area contributed by atoms with Crippen LogP contribution in [-0.2, 0) is 23.9 Å². The Bertz CT molecular complexity index is 896. The van der Waals surface area contributed by atoms with Crippen LogP contribution in [0.25, 0.3) is 0 Å². The predicted octanol–water partition coefficient (Wildman–Crippen LogP) is 1.79. The number of rotatable bonds is 6. The Kier molecular flexibility index (Phi) is 5.17. The Labute approximate surface area is 173 Å². The van der Waals surface area contributed by atoms with E-state index in [0.717, 1.165) is 24.2 Å². The lowest BCUT2D eigenvalue weighted by Crippen LogP contribution is -2.45. The molecule has 1 aliphatic heterocycles. The molecule has 0 radical (unpaired) electrons. The highest BCUT2D eigenvalue weighted by molar-refractivity contribution is 6.08. The Hall–Kier alpha value is -3.03. The molecule has 8 heteroatoms. The van der Waals surface area contributed by atoms with Crippen molar-refractivity contribution >= 4 is 35.2 Å². The van der Waals surface area contributed by atoms with E-state index in [9.17, 15) is 24.0 Å². The van der Waals surface area contributed by atoms with Gasteiger partial charge in [-0.1, -0.05) is 0 Å². The van der Waals surface area contributed by atoms with E-state index in [2.05, 4.69) is 5.32 Å². The average molecular weight is 412 g/mol. The summed E-state index contributed by atoms with van der Waals surface area (Å²) in [5.41, 5.74) is 0.980. The summed E-state index contributed by atoms with van der Waals surface area (Å²) in [6, 6.07) is 5.26. The Morgan fingerprint density at radius 2 is 1.63 bits per heavy atom. The third kappa shape index (κ3) is 3.40. The molecule has 2 bridgehead atoms. The molecule has 30 heavy (non-hydrogen) atoms. The lowest BCUT2D eigenvalue weighted by atomic mass is 9.81. The van der Waals surface area contributed by atoms with E-state index in [1.807, 2.05) is 0 Å². The van der Waals surface area contributed by atoms with Crippen LogP contribution in [-0.4, -0.2) is 47.0 Å². The van der Waals surface area contributed by atoms with Crippen molar-refractivity contribution < 1.29 is 28.7 Å². The van der Waals surface area contributed by atoms with E-state index >= 15 is 0 Å². The summed E-state index contributed by atoms with van der Waals surface area (Å²) in [4.78, 5) is 62.4. The van der Waals surface area contributed by atoms with E-state index in [1.165, 1.54) is 13.8 Å². The zero-order valence-electron chi connectivity index (χ0n) is 16.9. The van der Waals surface area contributed by atoms with Gasteiger partial charge in [0.25, 0.3) is 5.91 Å². The summed E-state index contributed by atoms with van der Waals surface area (Å²) in [7, 11) is 0. The molecule has 1 heterocycles. The number of hydrogen-bond donors (Lipinski definition) is 1. The maximum Gasteiger partial charge on any atom is 0.329 e. The molecule has 1 saturated heterocycles. The van der Waals surface area contributed by atoms with Crippen molar-refractivity contribution in [1.29, 1.82) is 0 Å². The molecule has 0 spiro atoms. The maximum absolute atomic E-state index is 12.8. The number of benzene rings is 1. The largest absolute Gasteiger partial charge is 0.454 e. The minimum atomic E-state index is -1.06. The molecule has 8 nitrogen and oxygen atoms in total. The zero-order chi connectivity index (χ0) is 21.6. The number of hydrogen-bond acceptors (Lipinski definition) is 6. The van der Waals surface area contributed by atoms with Gasteiger partial charge in [-0.3, -0.25) is 24.1 Å². The minimum absolute atomic E-state index is 0.0843. The number of fused-ring (bicyclic) bond motifs is 5. The molecule has 0 unspecified atom stereocenters. The topological polar surface area (TPSA) is 110 Å². The second-order valence-corrected chi connectivity index (χ2v) is 8.40. The van der Waals surface area contributed by atoms with Gasteiger partial charge in [0.05, 0.1) is 11.8 Å². The van der Waals surface area contributed by atoms with Crippen LogP contribution in [0.1, 0.15) is 43.5 Å². The van der Waals surface area contributed by atoms with Crippen molar-refractivity contribution in [3.8, 4) is 0 Å². The number of anilines is 1. The van der Waals surface area contributed by atoms with Gasteiger partial charge in [-0.2, -0.15) is 0 Å². The van der Waals surface area contributed by atoms with Crippen molar-refractivity contribution in [2.24, 2.45) is 23.7 Å². The lowest BCUT2D eigenvalue weighted by molar-refractivity contribution is -0.159. The van der Waals surface area contributed by atoms with Crippen molar-refractivity contribution in [2.45, 2.75) is 39.2 Å². The summed E-state index contributed by atoms with van der Waals surface area (Å²) in [5.74, 6) is -2.10. The quantitative estimate of drug-likeness (QED) is 0.433. The number of imide groups is 1. The predicted molar refractivity (Wildman–Crippen MR) is 105 cm³/mol. The smallest absolute Gasteiger partial charge is 0.329 e. The van der Waals surface area contributed by atoms with Crippen molar-refractivity contribution in [3.63, 3.8) is 0 Å². The van der Waals surface area contributed by atoms with Gasteiger partial charge in [-0.05, 0) is 69.2 Å². The van der Waals surface area contributed by atoms with Crippen LogP contribution in [0.4, 0.5) is 5.69 Å². The number of Topliss-reactive ketones (excluding diaryl/α,β-unsaturated/α-hetero) is 1. The molecule has 3 aliphatic rings. The van der Waals surface area contributed by atoms with Gasteiger partial charge in [-0.15, -0.1) is 0 Å². The number of carbonyl (C=O) groups excluding carboxylic acids is 5. The average Bonchev–Trinajstić information content (AvgIpc) is 3.40. The normalized spacial score (nSPS) is 27.7. The summed E-state index contributed by atoms with van der Waals surface area (Å²) >= 11 is 0. The van der Waals surface area contributed by atoms with Crippen LogP contribution in [0.2, 0.25) is 0 Å². The van der Waals surface area contributed by atoms with Gasteiger partial charge in [0.2, 0.25) is 11.8 Å². The molecular formula is C22H24N2O6. The monoisotopic (exact) mass is 412 g/mol. The number of ketones is 1. The van der Waals surface area contributed by atoms with Crippen LogP contribution >= 0.6 is 0 Å². The van der Waals surface area contributed by atoms with E-state index in [1.54, 1.807) is 24.3 Å². The number of nitrogens with zero attached hydrogens (tertiary/aromatic N) is 1. The van der Waals surface area contributed by atoms with E-state index in [4.69, 9.17) is 4.74 Å². The second-order valence-electron chi connectivity index (χ2n) is 8.40. The molecule has 0 aromatic heterocycles. The molecule has 158 valence electrons. The van der Waals surface area contributed by atoms with Crippen LogP contribution in [0.15, 0.2) is 24.3 Å². The maximum atomic E-state index is 12.8. The van der Waals surface area contributed by atoms with Crippen LogP contribution in [0.5, 0.6) is 0 Å². The van der Waals surface area contributed by atoms with Crippen LogP contribution in [0, 0.1) is 23.7 Å². The molecule has 2 aliphatic carbocycles. The van der Waals surface area contributed by atoms with Gasteiger partial charge in [0.15, 0.2) is 12.4 Å². The summed E-state index contributed by atoms with van der Waals surface area (Å²) in [6.45, 7) is 2.37. The number of esters is 1. The van der Waals surface area contributed by atoms with Gasteiger partial charge in [0, 0.05) is 11.3 Å². The second kappa shape index (κ2) is 7.66. The first-order valence-electron chi connectivity index (χ1n) is 10.2. The fourth-order valence-electron chi connectivity index (χ4n) is 5.16. The SMILES string of the molecule is CC(=O)c1ccc(NC(=O)COC(=O)[C@@H](C)N2C(=O)[C@H]3[C@@H]4CC[C@@H](C4)[C@@H]3C2=O)cc1. The Morgan fingerprint density at radius 1 is 1.07 bits per heavy atom. The van der Waals surface area contributed by atoms with Gasteiger partial charge in [-0.25, -0.2) is 4.79 Å². The summed E-state index contributed by atoms with van der Waals surface area (Å²) in [5, 5.41) is 2.57. The van der Waals surface area contributed by atoms with E-state index < -0.39 is 24.5 Å². The molecule has 1 N–H and O–H groups in total. The molecule has 1 aromatic rings. The molecule has 5 atom stereocenters. The zero-order valence-corrected chi connectivity index (χ0v) is 16.9. The van der Waals surface area contributed by atoms with E-state index in [0.29, 0.717) is 11.3 Å². The summed E-state index contributed by atoms with van der Waals surface area (Å²) in [6.07, 6.45) is 2.85. The first kappa shape index (κ1) is 20.3. The first-order valence-corrected chi connectivity index (χ1v) is 10.2. The molecule has 3 amide bonds. The standard InChI is InChI=1S/C22H24N2O6/c1-11(24-20(27)18-14-3-4-15(9-14)19(18)21(24)28)22(29)30-10-17(26)23-16-7-5-13(6-8-16)12(2)25/h5-8,11,14-15,18-19H,3-4,9-10H2,1-2H3,(H,23,26)/t11-,14-,15+,18+,19+/m1/s1.